The summed E-state index contributed by atoms with van der Waals surface area (Å²) < 4.78 is 1.49. The molecule has 2 N–H and O–H groups in total. The molecule has 0 spiro atoms. The van der Waals surface area contributed by atoms with E-state index in [0.717, 1.165) is 4.90 Å². The van der Waals surface area contributed by atoms with E-state index in [1.807, 2.05) is 37.3 Å². The van der Waals surface area contributed by atoms with E-state index in [2.05, 4.69) is 15.7 Å². The second-order valence-electron chi connectivity index (χ2n) is 4.53. The predicted molar refractivity (Wildman–Crippen MR) is 86.7 cm³/mol. The van der Waals surface area contributed by atoms with Crippen LogP contribution in [0.15, 0.2) is 47.6 Å². The van der Waals surface area contributed by atoms with Gasteiger partial charge in [-0.2, -0.15) is 5.10 Å². The minimum atomic E-state index is -0.108. The monoisotopic (exact) mass is 318 g/mol. The Morgan fingerprint density at radius 1 is 1.23 bits per heavy atom. The maximum absolute atomic E-state index is 11.9. The number of nitrogens with zero attached hydrogens (tertiary/aromatic N) is 2. The van der Waals surface area contributed by atoms with Crippen molar-refractivity contribution in [3.8, 4) is 0 Å². The summed E-state index contributed by atoms with van der Waals surface area (Å²) in [5, 5.41) is 9.50. The average molecular weight is 318 g/mol. The fraction of sp³-hybridized carbons (Fsp3) is 0.267. The Morgan fingerprint density at radius 3 is 2.73 bits per heavy atom. The van der Waals surface area contributed by atoms with E-state index in [1.165, 1.54) is 22.6 Å². The highest BCUT2D eigenvalue weighted by Crippen LogP contribution is 2.17. The van der Waals surface area contributed by atoms with Crippen LogP contribution in [-0.2, 0) is 16.1 Å². The van der Waals surface area contributed by atoms with Crippen LogP contribution in [0.1, 0.15) is 6.92 Å². The van der Waals surface area contributed by atoms with Gasteiger partial charge in [0.1, 0.15) is 6.54 Å². The summed E-state index contributed by atoms with van der Waals surface area (Å²) in [5.74, 6) is 0.112. The molecule has 116 valence electrons. The Hall–Kier alpha value is -2.28. The topological polar surface area (TPSA) is 76.0 Å². The lowest BCUT2D eigenvalue weighted by Crippen LogP contribution is -2.27. The number of benzene rings is 1. The van der Waals surface area contributed by atoms with E-state index in [-0.39, 0.29) is 18.4 Å². The van der Waals surface area contributed by atoms with Crippen LogP contribution < -0.4 is 10.6 Å². The molecule has 0 bridgehead atoms. The van der Waals surface area contributed by atoms with Gasteiger partial charge < -0.3 is 10.6 Å². The van der Waals surface area contributed by atoms with Crippen LogP contribution in [0.4, 0.5) is 5.69 Å². The van der Waals surface area contributed by atoms with Crippen LogP contribution in [0.2, 0.25) is 0 Å². The first-order valence-electron chi connectivity index (χ1n) is 6.94. The molecule has 0 fully saturated rings. The van der Waals surface area contributed by atoms with Gasteiger partial charge >= 0.3 is 0 Å². The largest absolute Gasteiger partial charge is 0.355 e. The van der Waals surface area contributed by atoms with Gasteiger partial charge in [0.2, 0.25) is 11.8 Å². The molecule has 6 nitrogen and oxygen atoms in total. The molecule has 0 atom stereocenters. The second kappa shape index (κ2) is 8.23. The number of thioether (sulfide) groups is 1. The number of anilines is 1. The first-order chi connectivity index (χ1) is 10.7. The predicted octanol–water partition coefficient (Wildman–Crippen LogP) is 1.75. The van der Waals surface area contributed by atoms with Crippen molar-refractivity contribution in [1.29, 1.82) is 0 Å². The average Bonchev–Trinajstić information content (AvgIpc) is 2.93. The van der Waals surface area contributed by atoms with Gasteiger partial charge in [0, 0.05) is 17.6 Å². The zero-order valence-electron chi connectivity index (χ0n) is 12.3. The fourth-order valence-corrected chi connectivity index (χ4v) is 2.50. The van der Waals surface area contributed by atoms with Crippen molar-refractivity contribution in [1.82, 2.24) is 15.1 Å². The van der Waals surface area contributed by atoms with E-state index in [4.69, 9.17) is 0 Å². The van der Waals surface area contributed by atoms with Crippen LogP contribution in [0.25, 0.3) is 0 Å². The number of rotatable bonds is 7. The van der Waals surface area contributed by atoms with Gasteiger partial charge in [0.25, 0.3) is 0 Å². The Bertz CT molecular complexity index is 627. The molecule has 1 aromatic heterocycles. The zero-order valence-corrected chi connectivity index (χ0v) is 13.1. The molecule has 0 saturated carbocycles. The SMILES string of the molecule is CCNC(=O)Cn1cc(NC(=O)CSc2ccccc2)cn1. The number of nitrogens with one attached hydrogen (secondary N) is 2. The quantitative estimate of drug-likeness (QED) is 0.763. The van der Waals surface area contributed by atoms with Crippen LogP contribution >= 0.6 is 11.8 Å². The maximum atomic E-state index is 11.9. The highest BCUT2D eigenvalue weighted by atomic mass is 32.2. The zero-order chi connectivity index (χ0) is 15.8. The van der Waals surface area contributed by atoms with Crippen LogP contribution in [-0.4, -0.2) is 33.9 Å². The molecule has 0 saturated heterocycles. The first-order valence-corrected chi connectivity index (χ1v) is 7.93. The van der Waals surface area contributed by atoms with Crippen molar-refractivity contribution < 1.29 is 9.59 Å². The minimum Gasteiger partial charge on any atom is -0.355 e. The maximum Gasteiger partial charge on any atom is 0.241 e. The van der Waals surface area contributed by atoms with Gasteiger partial charge in [-0.05, 0) is 19.1 Å². The number of carbonyl (C=O) groups excluding carboxylic acids is 2. The van der Waals surface area contributed by atoms with Gasteiger partial charge in [-0.25, -0.2) is 0 Å². The summed E-state index contributed by atoms with van der Waals surface area (Å²) in [6.45, 7) is 2.58. The van der Waals surface area contributed by atoms with Crippen molar-refractivity contribution >= 4 is 29.3 Å². The van der Waals surface area contributed by atoms with Crippen molar-refractivity contribution in [2.45, 2.75) is 18.4 Å². The smallest absolute Gasteiger partial charge is 0.241 e. The van der Waals surface area contributed by atoms with E-state index in [0.29, 0.717) is 18.0 Å². The molecule has 2 rings (SSSR count). The van der Waals surface area contributed by atoms with E-state index >= 15 is 0 Å². The van der Waals surface area contributed by atoms with Crippen LogP contribution in [0.3, 0.4) is 0 Å². The minimum absolute atomic E-state index is 0.105. The summed E-state index contributed by atoms with van der Waals surface area (Å²) >= 11 is 1.47. The molecule has 0 aliphatic carbocycles. The van der Waals surface area contributed by atoms with E-state index < -0.39 is 0 Å². The van der Waals surface area contributed by atoms with Gasteiger partial charge in [0.05, 0.1) is 17.6 Å². The third-order valence-electron chi connectivity index (χ3n) is 2.71. The van der Waals surface area contributed by atoms with Crippen molar-refractivity contribution in [3.63, 3.8) is 0 Å². The molecule has 0 radical (unpaired) electrons. The summed E-state index contributed by atoms with van der Waals surface area (Å²) in [7, 11) is 0. The highest BCUT2D eigenvalue weighted by molar-refractivity contribution is 8.00. The van der Waals surface area contributed by atoms with Gasteiger partial charge in [-0.1, -0.05) is 18.2 Å². The number of hydrogen-bond donors (Lipinski definition) is 2. The number of carbonyl (C=O) groups is 2. The summed E-state index contributed by atoms with van der Waals surface area (Å²) in [4.78, 5) is 24.4. The lowest BCUT2D eigenvalue weighted by atomic mass is 10.4. The summed E-state index contributed by atoms with van der Waals surface area (Å²) in [6, 6.07) is 9.73. The van der Waals surface area contributed by atoms with E-state index in [1.54, 1.807) is 6.20 Å². The number of aromatic nitrogens is 2. The van der Waals surface area contributed by atoms with Gasteiger partial charge in [0.15, 0.2) is 0 Å². The molecular weight excluding hydrogens is 300 g/mol. The molecule has 2 aromatic rings. The molecule has 0 aliphatic rings. The third kappa shape index (κ3) is 5.25. The molecule has 7 heteroatoms. The standard InChI is InChI=1S/C15H18N4O2S/c1-2-16-14(20)10-19-9-12(8-17-19)18-15(21)11-22-13-6-4-3-5-7-13/h3-9H,2,10-11H2,1H3,(H,16,20)(H,18,21). The molecule has 1 heterocycles. The Balaban J connectivity index is 1.79. The van der Waals surface area contributed by atoms with Crippen LogP contribution in [0.5, 0.6) is 0 Å². The number of hydrogen-bond acceptors (Lipinski definition) is 4. The molecule has 0 aliphatic heterocycles. The van der Waals surface area contributed by atoms with Gasteiger partial charge in [-0.3, -0.25) is 14.3 Å². The number of likely N-dealkylation sites (N-methyl/N-ethyl adjacent to an activating group) is 1. The fourth-order valence-electron chi connectivity index (χ4n) is 1.78. The Kier molecular flexibility index (Phi) is 6.02. The summed E-state index contributed by atoms with van der Waals surface area (Å²) in [6.07, 6.45) is 3.17. The van der Waals surface area contributed by atoms with Crippen molar-refractivity contribution in [2.75, 3.05) is 17.6 Å². The Morgan fingerprint density at radius 2 is 2.00 bits per heavy atom. The highest BCUT2D eigenvalue weighted by Gasteiger charge is 2.07. The molecule has 0 unspecified atom stereocenters. The number of amides is 2. The molecule has 2 amide bonds. The van der Waals surface area contributed by atoms with Gasteiger partial charge in [-0.15, -0.1) is 11.8 Å². The Labute approximate surface area is 133 Å². The summed E-state index contributed by atoms with van der Waals surface area (Å²) in [5.41, 5.74) is 0.586. The molecular formula is C15H18N4O2S. The molecule has 1 aromatic carbocycles. The van der Waals surface area contributed by atoms with Crippen molar-refractivity contribution in [2.24, 2.45) is 0 Å². The van der Waals surface area contributed by atoms with Crippen LogP contribution in [0, 0.1) is 0 Å². The first kappa shape index (κ1) is 16.1. The lowest BCUT2D eigenvalue weighted by Gasteiger charge is -2.03. The third-order valence-corrected chi connectivity index (χ3v) is 3.72. The normalized spacial score (nSPS) is 10.2. The molecule has 22 heavy (non-hydrogen) atoms. The van der Waals surface area contributed by atoms with E-state index in [9.17, 15) is 9.59 Å². The van der Waals surface area contributed by atoms with Crippen molar-refractivity contribution in [3.05, 3.63) is 42.7 Å². The lowest BCUT2D eigenvalue weighted by molar-refractivity contribution is -0.121. The second-order valence-corrected chi connectivity index (χ2v) is 5.58.